The van der Waals surface area contributed by atoms with E-state index in [1.807, 2.05) is 41.7 Å². The van der Waals surface area contributed by atoms with Crippen molar-refractivity contribution in [3.8, 4) is 22.3 Å². The molecule has 5 aromatic rings. The largest absolute Gasteiger partial charge is 2.00 e. The Morgan fingerprint density at radius 1 is 0.558 bits per heavy atom. The fourth-order valence-corrected chi connectivity index (χ4v) is 8.75. The van der Waals surface area contributed by atoms with Gasteiger partial charge in [-0.05, 0) is 70.6 Å². The third kappa shape index (κ3) is 5.42. The molecule has 0 atom stereocenters. The number of benzene rings is 2. The molecule has 6 heterocycles. The molecule has 8 rings (SSSR count). The Morgan fingerprint density at radius 2 is 1.02 bits per heavy atom. The van der Waals surface area contributed by atoms with Gasteiger partial charge >= 0.3 is 16.5 Å². The molecule has 0 aliphatic carbocycles. The van der Waals surface area contributed by atoms with Gasteiger partial charge in [-0.2, -0.15) is 0 Å². The number of thioether (sulfide) groups is 2. The van der Waals surface area contributed by atoms with E-state index in [-0.39, 0.29) is 21.1 Å². The molecule has 3 aromatic heterocycles. The molecule has 1 saturated heterocycles. The van der Waals surface area contributed by atoms with Crippen molar-refractivity contribution in [1.29, 1.82) is 0 Å². The van der Waals surface area contributed by atoms with Crippen LogP contribution in [0.4, 0.5) is 0 Å². The predicted octanol–water partition coefficient (Wildman–Crippen LogP) is 9.11. The molecule has 1 fully saturated rings. The summed E-state index contributed by atoms with van der Waals surface area (Å²) in [6.07, 6.45) is 9.54. The second kappa shape index (κ2) is 12.1. The van der Waals surface area contributed by atoms with Crippen LogP contribution in [0, 0.1) is 0 Å². The van der Waals surface area contributed by atoms with Crippen molar-refractivity contribution in [1.82, 2.24) is 19.9 Å². The third-order valence-corrected chi connectivity index (χ3v) is 10.6. The van der Waals surface area contributed by atoms with Crippen molar-refractivity contribution in [2.45, 2.75) is 11.0 Å². The zero-order valence-corrected chi connectivity index (χ0v) is 25.7. The van der Waals surface area contributed by atoms with Crippen molar-refractivity contribution in [3.63, 3.8) is 0 Å². The molecule has 8 bridgehead atoms. The molecule has 0 spiro atoms. The average Bonchev–Trinajstić information content (AvgIpc) is 3.86. The summed E-state index contributed by atoms with van der Waals surface area (Å²) in [6, 6.07) is 31.6. The Hall–Kier alpha value is -3.77. The molecule has 43 heavy (non-hydrogen) atoms. The van der Waals surface area contributed by atoms with Gasteiger partial charge < -0.3 is 9.97 Å². The number of nitrogens with zero attached hydrogens (tertiary/aromatic N) is 4. The van der Waals surface area contributed by atoms with Crippen LogP contribution in [0.1, 0.15) is 39.3 Å². The minimum Gasteiger partial charge on any atom is -0.657 e. The summed E-state index contributed by atoms with van der Waals surface area (Å²) in [4.78, 5) is 20.7. The van der Waals surface area contributed by atoms with Crippen LogP contribution < -0.4 is 9.97 Å². The number of hydrogen-bond acceptors (Lipinski definition) is 4. The molecule has 0 amide bonds. The van der Waals surface area contributed by atoms with Crippen LogP contribution in [0.3, 0.4) is 0 Å². The first-order valence-corrected chi connectivity index (χ1v) is 16.3. The first-order chi connectivity index (χ1) is 20.8. The van der Waals surface area contributed by atoms with Gasteiger partial charge in [-0.15, -0.1) is 45.6 Å². The van der Waals surface area contributed by atoms with Crippen LogP contribution in [0.25, 0.3) is 68.6 Å². The summed E-state index contributed by atoms with van der Waals surface area (Å²) in [5.41, 5.74) is 12.8. The van der Waals surface area contributed by atoms with Gasteiger partial charge in [-0.1, -0.05) is 90.5 Å². The monoisotopic (exact) mass is 636 g/mol. The predicted molar refractivity (Wildman–Crippen MR) is 180 cm³/mol. The molecular formula is C36H26N4NiS2. The van der Waals surface area contributed by atoms with Crippen LogP contribution in [0.5, 0.6) is 0 Å². The smallest absolute Gasteiger partial charge is 0.657 e. The number of fused-ring (bicyclic) bond motifs is 8. The average molecular weight is 637 g/mol. The maximum atomic E-state index is 5.30. The van der Waals surface area contributed by atoms with Crippen LogP contribution in [-0.4, -0.2) is 21.5 Å². The van der Waals surface area contributed by atoms with E-state index < -0.39 is 0 Å². The van der Waals surface area contributed by atoms with Gasteiger partial charge in [0.2, 0.25) is 0 Å². The van der Waals surface area contributed by atoms with E-state index in [9.17, 15) is 0 Å². The SMILES string of the molecule is C1=Cc2nc1cc1nc(c(-c3ccccc3)c3ccc([n-]3)c(C3SCCCS3)c3ccc([n-]3)c2-c2ccccc2)C=C1.[Ni+2]. The minimum atomic E-state index is 0. The molecule has 7 heteroatoms. The van der Waals surface area contributed by atoms with Gasteiger partial charge in [-0.25, -0.2) is 9.97 Å². The third-order valence-electron chi connectivity index (χ3n) is 7.66. The molecule has 0 unspecified atom stereocenters. The topological polar surface area (TPSA) is 54.0 Å². The summed E-state index contributed by atoms with van der Waals surface area (Å²) in [5, 5.41) is 0. The van der Waals surface area contributed by atoms with Gasteiger partial charge in [0.15, 0.2) is 0 Å². The van der Waals surface area contributed by atoms with E-state index in [0.717, 1.165) is 78.6 Å². The quantitative estimate of drug-likeness (QED) is 0.180. The Bertz CT molecular complexity index is 1890. The number of hydrogen-bond donors (Lipinski definition) is 0. The van der Waals surface area contributed by atoms with Gasteiger partial charge in [0, 0.05) is 0 Å². The molecule has 0 N–H and O–H groups in total. The minimum absolute atomic E-state index is 0. The fraction of sp³-hybridized carbons (Fsp3) is 0.111. The Labute approximate surface area is 269 Å². The summed E-state index contributed by atoms with van der Waals surface area (Å²) < 4.78 is 0.269. The summed E-state index contributed by atoms with van der Waals surface area (Å²) in [5.74, 6) is 2.28. The zero-order valence-electron chi connectivity index (χ0n) is 23.1. The zero-order chi connectivity index (χ0) is 27.9. The van der Waals surface area contributed by atoms with Crippen molar-refractivity contribution >= 4 is 69.9 Å². The van der Waals surface area contributed by atoms with Crippen LogP contribution >= 0.6 is 23.5 Å². The van der Waals surface area contributed by atoms with E-state index in [1.165, 1.54) is 12.0 Å². The molecule has 4 nitrogen and oxygen atoms in total. The van der Waals surface area contributed by atoms with Gasteiger partial charge in [0.25, 0.3) is 0 Å². The van der Waals surface area contributed by atoms with Crippen LogP contribution in [0.15, 0.2) is 91.0 Å². The van der Waals surface area contributed by atoms with Crippen molar-refractivity contribution in [3.05, 3.63) is 119 Å². The van der Waals surface area contributed by atoms with Crippen molar-refractivity contribution in [2.75, 3.05) is 11.5 Å². The first-order valence-electron chi connectivity index (χ1n) is 14.2. The molecule has 212 valence electrons. The standard InChI is InChI=1S/C36H26N4S2.Ni/c1-3-8-23(9-4-1)33-27-14-12-25(37-27)22-26-13-15-28(38-26)34(24-10-5-2-6-11-24)30-17-19-32(40-30)35(31-18-16-29(33)39-31)36-41-20-7-21-42-36;/h1-6,8-19,22,36H,7,20-21H2;/q-2;+2. The molecular weight excluding hydrogens is 611 g/mol. The maximum absolute atomic E-state index is 5.30. The molecule has 2 aromatic carbocycles. The number of rotatable bonds is 3. The summed E-state index contributed by atoms with van der Waals surface area (Å²) in [7, 11) is 0. The van der Waals surface area contributed by atoms with Crippen LogP contribution in [0.2, 0.25) is 0 Å². The normalized spacial score (nSPS) is 14.5. The van der Waals surface area contributed by atoms with E-state index in [2.05, 4.69) is 97.1 Å². The summed E-state index contributed by atoms with van der Waals surface area (Å²) >= 11 is 3.99. The van der Waals surface area contributed by atoms with E-state index in [1.54, 1.807) is 0 Å². The van der Waals surface area contributed by atoms with Gasteiger partial charge in [-0.3, -0.25) is 0 Å². The second-order valence-corrected chi connectivity index (χ2v) is 13.1. The van der Waals surface area contributed by atoms with E-state index >= 15 is 0 Å². The molecule has 3 aliphatic heterocycles. The van der Waals surface area contributed by atoms with Gasteiger partial charge in [0.1, 0.15) is 0 Å². The second-order valence-electron chi connectivity index (χ2n) is 10.4. The Kier molecular flexibility index (Phi) is 7.88. The van der Waals surface area contributed by atoms with Crippen molar-refractivity contribution in [2.24, 2.45) is 0 Å². The Morgan fingerprint density at radius 3 is 1.51 bits per heavy atom. The molecule has 0 saturated carbocycles. The summed E-state index contributed by atoms with van der Waals surface area (Å²) in [6.45, 7) is 0. The van der Waals surface area contributed by atoms with E-state index in [4.69, 9.17) is 19.9 Å². The van der Waals surface area contributed by atoms with Gasteiger partial charge in [0.05, 0.1) is 27.4 Å². The van der Waals surface area contributed by atoms with Crippen LogP contribution in [-0.2, 0) is 16.5 Å². The fourth-order valence-electron chi connectivity index (χ4n) is 5.74. The van der Waals surface area contributed by atoms with Crippen molar-refractivity contribution < 1.29 is 16.5 Å². The van der Waals surface area contributed by atoms with E-state index in [0.29, 0.717) is 0 Å². The molecule has 0 radical (unpaired) electrons. The maximum Gasteiger partial charge on any atom is 2.00 e. The number of aromatic nitrogens is 4. The molecule has 3 aliphatic rings. The Balaban J connectivity index is 0.00000300. The first kappa shape index (κ1) is 28.0.